The minimum absolute atomic E-state index is 0. The van der Waals surface area contributed by atoms with Gasteiger partial charge < -0.3 is 22.7 Å². The van der Waals surface area contributed by atoms with Crippen molar-refractivity contribution in [1.29, 1.82) is 5.41 Å². The summed E-state index contributed by atoms with van der Waals surface area (Å²) in [4.78, 5) is 17.5. The third kappa shape index (κ3) is 3.63. The number of aromatic nitrogens is 2. The van der Waals surface area contributed by atoms with Gasteiger partial charge in [0.25, 0.3) is 5.56 Å². The Labute approximate surface area is 158 Å². The van der Waals surface area contributed by atoms with E-state index in [2.05, 4.69) is 4.98 Å². The van der Waals surface area contributed by atoms with E-state index in [1.807, 2.05) is 12.1 Å². The van der Waals surface area contributed by atoms with Crippen LogP contribution in [-0.2, 0) is 5.75 Å². The summed E-state index contributed by atoms with van der Waals surface area (Å²) in [6, 6.07) is 14.3. The molecule has 8 heteroatoms. The van der Waals surface area contributed by atoms with Crippen molar-refractivity contribution in [2.75, 3.05) is 0 Å². The van der Waals surface area contributed by atoms with E-state index in [1.54, 1.807) is 36.4 Å². The summed E-state index contributed by atoms with van der Waals surface area (Å²) in [6.07, 6.45) is 0. The van der Waals surface area contributed by atoms with Crippen LogP contribution in [-0.4, -0.2) is 14.7 Å². The van der Waals surface area contributed by atoms with Gasteiger partial charge in [-0.15, -0.1) is 0 Å². The highest BCUT2D eigenvalue weighted by Crippen LogP contribution is 2.22. The Bertz CT molecular complexity index is 960. The second kappa shape index (κ2) is 7.83. The van der Waals surface area contributed by atoms with Crippen LogP contribution in [0, 0.1) is 5.41 Å². The van der Waals surface area contributed by atoms with Gasteiger partial charge >= 0.3 is 0 Å². The molecule has 1 aromatic heterocycles. The number of para-hydroxylation sites is 2. The fourth-order valence-corrected chi connectivity index (χ4v) is 3.00. The lowest BCUT2D eigenvalue weighted by atomic mass is 10.2. The molecule has 0 saturated carbocycles. The van der Waals surface area contributed by atoms with Crippen LogP contribution in [0.4, 0.5) is 0 Å². The lowest BCUT2D eigenvalue weighted by Crippen LogP contribution is -3.00. The standard InChI is InChI=1S/C16H13ClN4OS.BrH/c17-11-6-2-4-8-13(11)21-14(9-23-16(18)19)20-12-7-3-1-5-10(12)15(21)22;/h1-8H,9H2,(H3,18,19);1H/p-1. The number of fused-ring (bicyclic) bond motifs is 1. The maximum absolute atomic E-state index is 12.9. The van der Waals surface area contributed by atoms with Gasteiger partial charge in [-0.25, -0.2) is 4.98 Å². The van der Waals surface area contributed by atoms with E-state index in [1.165, 1.54) is 4.57 Å². The van der Waals surface area contributed by atoms with E-state index in [-0.39, 0.29) is 27.7 Å². The molecule has 124 valence electrons. The third-order valence-corrected chi connectivity index (χ3v) is 4.33. The van der Waals surface area contributed by atoms with Crippen molar-refractivity contribution >= 4 is 39.4 Å². The summed E-state index contributed by atoms with van der Waals surface area (Å²) >= 11 is 7.37. The molecule has 0 unspecified atom stereocenters. The van der Waals surface area contributed by atoms with Crippen molar-refractivity contribution in [2.24, 2.45) is 5.73 Å². The number of halogens is 2. The molecule has 0 aliphatic carbocycles. The zero-order valence-corrected chi connectivity index (χ0v) is 15.5. The number of nitrogens with one attached hydrogen (secondary N) is 1. The molecule has 3 N–H and O–H groups in total. The van der Waals surface area contributed by atoms with E-state index in [0.29, 0.717) is 33.2 Å². The molecule has 2 aromatic carbocycles. The molecule has 0 amide bonds. The molecule has 0 bridgehead atoms. The van der Waals surface area contributed by atoms with Crippen LogP contribution in [0.1, 0.15) is 5.82 Å². The van der Waals surface area contributed by atoms with Crippen LogP contribution in [0.2, 0.25) is 5.02 Å². The van der Waals surface area contributed by atoms with Crippen molar-refractivity contribution in [3.8, 4) is 5.69 Å². The number of benzene rings is 2. The highest BCUT2D eigenvalue weighted by atomic mass is 79.9. The molecule has 0 aliphatic rings. The molecule has 1 heterocycles. The molecule has 0 spiro atoms. The van der Waals surface area contributed by atoms with E-state index in [9.17, 15) is 4.79 Å². The Morgan fingerprint density at radius 3 is 2.58 bits per heavy atom. The summed E-state index contributed by atoms with van der Waals surface area (Å²) in [5.74, 6) is 0.808. The quantitative estimate of drug-likeness (QED) is 0.464. The van der Waals surface area contributed by atoms with Crippen LogP contribution in [0.25, 0.3) is 16.6 Å². The minimum atomic E-state index is -0.192. The summed E-state index contributed by atoms with van der Waals surface area (Å²) in [5.41, 5.74) is 6.40. The van der Waals surface area contributed by atoms with E-state index in [0.717, 1.165) is 11.8 Å². The van der Waals surface area contributed by atoms with Crippen molar-refractivity contribution in [2.45, 2.75) is 5.75 Å². The van der Waals surface area contributed by atoms with Crippen LogP contribution >= 0.6 is 23.4 Å². The van der Waals surface area contributed by atoms with Gasteiger partial charge in [-0.05, 0) is 24.3 Å². The first-order valence-electron chi connectivity index (χ1n) is 6.80. The van der Waals surface area contributed by atoms with Gasteiger partial charge in [-0.2, -0.15) is 0 Å². The number of nitrogens with two attached hydrogens (primary N) is 1. The molecular weight excluding hydrogens is 412 g/mol. The smallest absolute Gasteiger partial charge is 0.266 e. The maximum Gasteiger partial charge on any atom is 0.266 e. The second-order valence-electron chi connectivity index (χ2n) is 4.79. The zero-order chi connectivity index (χ0) is 16.4. The number of nitrogens with zero attached hydrogens (tertiary/aromatic N) is 2. The average molecular weight is 425 g/mol. The zero-order valence-electron chi connectivity index (χ0n) is 12.4. The first-order chi connectivity index (χ1) is 11.1. The van der Waals surface area contributed by atoms with Crippen LogP contribution < -0.4 is 28.3 Å². The van der Waals surface area contributed by atoms with Gasteiger partial charge in [-0.3, -0.25) is 14.8 Å². The maximum atomic E-state index is 12.9. The van der Waals surface area contributed by atoms with Gasteiger partial charge in [-0.1, -0.05) is 47.6 Å². The van der Waals surface area contributed by atoms with E-state index >= 15 is 0 Å². The van der Waals surface area contributed by atoms with Gasteiger partial charge in [0.05, 0.1) is 27.4 Å². The number of thioether (sulfide) groups is 1. The highest BCUT2D eigenvalue weighted by Gasteiger charge is 2.14. The van der Waals surface area contributed by atoms with Gasteiger partial charge in [0.2, 0.25) is 0 Å². The number of hydrogen-bond donors (Lipinski definition) is 2. The molecule has 0 atom stereocenters. The topological polar surface area (TPSA) is 84.8 Å². The SMILES string of the molecule is N=C(N)SCc1nc2ccccc2c(=O)n1-c1ccccc1Cl.[Br-]. The molecule has 3 rings (SSSR count). The molecular formula is C16H13BrClN4OS-. The summed E-state index contributed by atoms with van der Waals surface area (Å²) in [5, 5.41) is 8.32. The Morgan fingerprint density at radius 2 is 1.88 bits per heavy atom. The largest absolute Gasteiger partial charge is 1.00 e. The predicted molar refractivity (Wildman–Crippen MR) is 95.6 cm³/mol. The molecule has 5 nitrogen and oxygen atoms in total. The Morgan fingerprint density at radius 1 is 1.21 bits per heavy atom. The minimum Gasteiger partial charge on any atom is -1.00 e. The van der Waals surface area contributed by atoms with Crippen molar-refractivity contribution in [3.05, 3.63) is 69.7 Å². The molecule has 0 fully saturated rings. The molecule has 3 aromatic rings. The van der Waals surface area contributed by atoms with Gasteiger partial charge in [0, 0.05) is 0 Å². The lowest BCUT2D eigenvalue weighted by molar-refractivity contribution is -0.00000495. The molecule has 0 aliphatic heterocycles. The van der Waals surface area contributed by atoms with Crippen molar-refractivity contribution < 1.29 is 17.0 Å². The van der Waals surface area contributed by atoms with Gasteiger partial charge in [0.15, 0.2) is 5.17 Å². The Balaban J connectivity index is 0.00000208. The number of amidine groups is 1. The fraction of sp³-hybridized carbons (Fsp3) is 0.0625. The summed E-state index contributed by atoms with van der Waals surface area (Å²) in [6.45, 7) is 0. The Kier molecular flexibility index (Phi) is 6.04. The molecule has 0 radical (unpaired) electrons. The third-order valence-electron chi connectivity index (χ3n) is 3.30. The number of hydrogen-bond acceptors (Lipinski definition) is 4. The Hall–Kier alpha value is -1.83. The average Bonchev–Trinajstić information content (AvgIpc) is 2.54. The lowest BCUT2D eigenvalue weighted by Gasteiger charge is -2.14. The molecule has 24 heavy (non-hydrogen) atoms. The molecule has 0 saturated heterocycles. The van der Waals surface area contributed by atoms with Crippen molar-refractivity contribution in [3.63, 3.8) is 0 Å². The normalized spacial score (nSPS) is 10.4. The monoisotopic (exact) mass is 423 g/mol. The van der Waals surface area contributed by atoms with Crippen LogP contribution in [0.5, 0.6) is 0 Å². The number of rotatable bonds is 3. The van der Waals surface area contributed by atoms with E-state index < -0.39 is 0 Å². The fourth-order valence-electron chi connectivity index (χ4n) is 2.30. The summed E-state index contributed by atoms with van der Waals surface area (Å²) in [7, 11) is 0. The van der Waals surface area contributed by atoms with Crippen LogP contribution in [0.15, 0.2) is 53.3 Å². The second-order valence-corrected chi connectivity index (χ2v) is 6.21. The predicted octanol–water partition coefficient (Wildman–Crippen LogP) is 0.170. The first kappa shape index (κ1) is 18.5. The van der Waals surface area contributed by atoms with Gasteiger partial charge in [0.1, 0.15) is 5.82 Å². The van der Waals surface area contributed by atoms with Crippen LogP contribution in [0.3, 0.4) is 0 Å². The first-order valence-corrected chi connectivity index (χ1v) is 8.16. The highest BCUT2D eigenvalue weighted by molar-refractivity contribution is 8.13. The van der Waals surface area contributed by atoms with E-state index in [4.69, 9.17) is 22.7 Å². The summed E-state index contributed by atoms with van der Waals surface area (Å²) < 4.78 is 1.49. The van der Waals surface area contributed by atoms with Crippen molar-refractivity contribution in [1.82, 2.24) is 9.55 Å².